The molecule has 0 radical (unpaired) electrons. The maximum absolute atomic E-state index is 13.5. The van der Waals surface area contributed by atoms with Crippen molar-refractivity contribution in [1.29, 1.82) is 0 Å². The lowest BCUT2D eigenvalue weighted by atomic mass is 9.51. The smallest absolute Gasteiger partial charge is 0.407 e. The molecule has 4 aliphatic rings. The number of amides is 3. The van der Waals surface area contributed by atoms with Crippen molar-refractivity contribution in [3.05, 3.63) is 17.8 Å². The number of ether oxygens (including phenoxy) is 2. The van der Waals surface area contributed by atoms with Gasteiger partial charge in [0.1, 0.15) is 5.56 Å². The summed E-state index contributed by atoms with van der Waals surface area (Å²) in [6, 6.07) is 0.0345. The van der Waals surface area contributed by atoms with Crippen molar-refractivity contribution in [3.63, 3.8) is 0 Å². The number of hydrogen-bond acceptors (Lipinski definition) is 6. The summed E-state index contributed by atoms with van der Waals surface area (Å²) in [6.07, 6.45) is 9.12. The van der Waals surface area contributed by atoms with Crippen LogP contribution < -0.4 is 21.1 Å². The van der Waals surface area contributed by atoms with Crippen LogP contribution in [0.3, 0.4) is 0 Å². The average Bonchev–Trinajstić information content (AvgIpc) is 3.20. The molecule has 4 bridgehead atoms. The highest BCUT2D eigenvalue weighted by atomic mass is 16.5. The standard InChI is InChI=1S/C26H39N5O5/c1-15(2)14-36-22-19(13-28-31(22)7-6-25(3,4)23(27)33)21(32)29-20-17-8-16-9-18(20)12-26(10-16,11-17)30-24(34)35-5/h6-7,13,15-18,20H,8-12,14H2,1-5H3,(H2,27,33)(H,29,32)(H,30,34). The first-order chi connectivity index (χ1) is 16.9. The molecule has 0 aliphatic heterocycles. The minimum absolute atomic E-state index is 0.0345. The molecule has 4 N–H and O–H groups in total. The molecular weight excluding hydrogens is 462 g/mol. The lowest BCUT2D eigenvalue weighted by Gasteiger charge is -2.59. The van der Waals surface area contributed by atoms with Crippen molar-refractivity contribution < 1.29 is 23.9 Å². The van der Waals surface area contributed by atoms with Crippen LogP contribution in [-0.2, 0) is 9.53 Å². The number of nitrogens with two attached hydrogens (primary N) is 1. The maximum Gasteiger partial charge on any atom is 0.407 e. The Bertz CT molecular complexity index is 1030. The first-order valence-corrected chi connectivity index (χ1v) is 12.8. The Balaban J connectivity index is 1.52. The highest BCUT2D eigenvalue weighted by molar-refractivity contribution is 5.96. The Morgan fingerprint density at radius 1 is 1.25 bits per heavy atom. The van der Waals surface area contributed by atoms with E-state index in [0.717, 1.165) is 32.1 Å². The second-order valence-electron chi connectivity index (χ2n) is 11.8. The first-order valence-electron chi connectivity index (χ1n) is 12.8. The monoisotopic (exact) mass is 501 g/mol. The summed E-state index contributed by atoms with van der Waals surface area (Å²) in [4.78, 5) is 37.2. The van der Waals surface area contributed by atoms with Gasteiger partial charge in [-0.25, -0.2) is 9.48 Å². The third kappa shape index (κ3) is 5.22. The van der Waals surface area contributed by atoms with E-state index in [1.165, 1.54) is 18.0 Å². The van der Waals surface area contributed by atoms with E-state index < -0.39 is 11.3 Å². The number of nitrogens with zero attached hydrogens (tertiary/aromatic N) is 2. The average molecular weight is 502 g/mol. The Kier molecular flexibility index (Phi) is 7.07. The summed E-state index contributed by atoms with van der Waals surface area (Å²) in [5.74, 6) is 1.04. The van der Waals surface area contributed by atoms with Gasteiger partial charge in [-0.05, 0) is 69.6 Å². The van der Waals surface area contributed by atoms with E-state index in [0.29, 0.717) is 35.8 Å². The fraction of sp³-hybridized carbons (Fsp3) is 0.692. The molecule has 1 aromatic heterocycles. The first kappa shape index (κ1) is 26.0. The van der Waals surface area contributed by atoms with E-state index in [9.17, 15) is 14.4 Å². The molecule has 5 rings (SSSR count). The van der Waals surface area contributed by atoms with Crippen molar-refractivity contribution in [3.8, 4) is 5.88 Å². The van der Waals surface area contributed by atoms with Gasteiger partial charge in [-0.1, -0.05) is 19.9 Å². The van der Waals surface area contributed by atoms with Crippen LogP contribution in [-0.4, -0.2) is 53.0 Å². The molecule has 198 valence electrons. The normalized spacial score (nSPS) is 28.9. The van der Waals surface area contributed by atoms with Crippen molar-refractivity contribution >= 4 is 24.1 Å². The van der Waals surface area contributed by atoms with Gasteiger partial charge in [0.15, 0.2) is 0 Å². The molecule has 10 nitrogen and oxygen atoms in total. The number of carbonyl (C=O) groups excluding carboxylic acids is 3. The summed E-state index contributed by atoms with van der Waals surface area (Å²) in [7, 11) is 1.39. The summed E-state index contributed by atoms with van der Waals surface area (Å²) >= 11 is 0. The molecule has 10 heteroatoms. The van der Waals surface area contributed by atoms with Crippen LogP contribution in [0, 0.1) is 29.1 Å². The van der Waals surface area contributed by atoms with Gasteiger partial charge >= 0.3 is 6.09 Å². The maximum atomic E-state index is 13.5. The number of carbonyl (C=O) groups is 3. The number of aromatic nitrogens is 2. The quantitative estimate of drug-likeness (QED) is 0.476. The predicted molar refractivity (Wildman–Crippen MR) is 134 cm³/mol. The number of hydrogen-bond donors (Lipinski definition) is 3. The Hall–Kier alpha value is -3.04. The zero-order valence-corrected chi connectivity index (χ0v) is 21.9. The van der Waals surface area contributed by atoms with E-state index in [4.69, 9.17) is 15.2 Å². The van der Waals surface area contributed by atoms with Gasteiger partial charge in [0, 0.05) is 17.8 Å². The van der Waals surface area contributed by atoms with Crippen molar-refractivity contribution in [2.75, 3.05) is 13.7 Å². The molecule has 36 heavy (non-hydrogen) atoms. The molecule has 3 amide bonds. The zero-order valence-electron chi connectivity index (χ0n) is 21.9. The highest BCUT2D eigenvalue weighted by Crippen LogP contribution is 2.55. The second-order valence-corrected chi connectivity index (χ2v) is 11.8. The molecule has 1 aromatic rings. The second kappa shape index (κ2) is 9.78. The van der Waals surface area contributed by atoms with Crippen LogP contribution in [0.25, 0.3) is 6.20 Å². The molecule has 0 aromatic carbocycles. The summed E-state index contributed by atoms with van der Waals surface area (Å²) in [6.45, 7) is 7.90. The van der Waals surface area contributed by atoms with Gasteiger partial charge < -0.3 is 25.8 Å². The van der Waals surface area contributed by atoms with Crippen LogP contribution in [0.1, 0.15) is 70.2 Å². The van der Waals surface area contributed by atoms with Gasteiger partial charge in [-0.15, -0.1) is 0 Å². The molecule has 2 unspecified atom stereocenters. The summed E-state index contributed by atoms with van der Waals surface area (Å²) in [5, 5.41) is 10.7. The minimum Gasteiger partial charge on any atom is -0.477 e. The Labute approximate surface area is 212 Å². The van der Waals surface area contributed by atoms with E-state index in [-0.39, 0.29) is 29.5 Å². The van der Waals surface area contributed by atoms with Gasteiger partial charge in [0.2, 0.25) is 11.8 Å². The van der Waals surface area contributed by atoms with Crippen LogP contribution in [0.15, 0.2) is 12.3 Å². The molecule has 1 heterocycles. The fourth-order valence-corrected chi connectivity index (χ4v) is 6.25. The Morgan fingerprint density at radius 2 is 1.92 bits per heavy atom. The van der Waals surface area contributed by atoms with E-state index in [1.54, 1.807) is 26.1 Å². The SMILES string of the molecule is COC(=O)NC12CC3CC(C1)C(NC(=O)c1cnn(C=CC(C)(C)C(N)=O)c1OCC(C)C)C(C3)C2. The van der Waals surface area contributed by atoms with E-state index in [2.05, 4.69) is 15.7 Å². The molecule has 2 atom stereocenters. The Morgan fingerprint density at radius 3 is 2.50 bits per heavy atom. The lowest BCUT2D eigenvalue weighted by Crippen LogP contribution is -2.66. The van der Waals surface area contributed by atoms with Crippen molar-refractivity contribution in [2.24, 2.45) is 34.8 Å². The van der Waals surface area contributed by atoms with E-state index >= 15 is 0 Å². The third-order valence-electron chi connectivity index (χ3n) is 7.94. The van der Waals surface area contributed by atoms with Gasteiger partial charge in [-0.2, -0.15) is 5.10 Å². The largest absolute Gasteiger partial charge is 0.477 e. The topological polar surface area (TPSA) is 138 Å². The number of rotatable bonds is 9. The van der Waals surface area contributed by atoms with E-state index in [1.807, 2.05) is 13.8 Å². The third-order valence-corrected chi connectivity index (χ3v) is 7.94. The van der Waals surface area contributed by atoms with Gasteiger partial charge in [-0.3, -0.25) is 9.59 Å². The zero-order chi connectivity index (χ0) is 26.3. The number of alkyl carbamates (subject to hydrolysis) is 1. The number of primary amides is 1. The van der Waals surface area contributed by atoms with Gasteiger partial charge in [0.05, 0.1) is 25.3 Å². The van der Waals surface area contributed by atoms with Crippen LogP contribution in [0.2, 0.25) is 0 Å². The summed E-state index contributed by atoms with van der Waals surface area (Å²) < 4.78 is 12.4. The molecule has 0 saturated heterocycles. The fourth-order valence-electron chi connectivity index (χ4n) is 6.25. The highest BCUT2D eigenvalue weighted by Gasteiger charge is 2.56. The lowest BCUT2D eigenvalue weighted by molar-refractivity contribution is -0.123. The minimum atomic E-state index is -0.877. The molecule has 4 fully saturated rings. The van der Waals surface area contributed by atoms with Crippen molar-refractivity contribution in [1.82, 2.24) is 20.4 Å². The molecule has 4 aliphatic carbocycles. The summed E-state index contributed by atoms with van der Waals surface area (Å²) in [5.41, 5.74) is 4.73. The van der Waals surface area contributed by atoms with Gasteiger partial charge in [0.25, 0.3) is 5.91 Å². The number of nitrogens with one attached hydrogen (secondary N) is 2. The van der Waals surface area contributed by atoms with Crippen LogP contribution in [0.5, 0.6) is 5.88 Å². The van der Waals surface area contributed by atoms with Crippen molar-refractivity contribution in [2.45, 2.75) is 71.4 Å². The molecule has 4 saturated carbocycles. The number of methoxy groups -OCH3 is 1. The van der Waals surface area contributed by atoms with Crippen LogP contribution in [0.4, 0.5) is 4.79 Å². The predicted octanol–water partition coefficient (Wildman–Crippen LogP) is 2.93. The molecular formula is C26H39N5O5. The molecule has 0 spiro atoms. The van der Waals surface area contributed by atoms with Crippen LogP contribution >= 0.6 is 0 Å².